The fraction of sp³-hybridized carbons (Fsp3) is 0.487. The smallest absolute Gasteiger partial charge is 0.220 e. The Kier molecular flexibility index (Phi) is 12.4. The Morgan fingerprint density at radius 1 is 0.940 bits per heavy atom. The lowest BCUT2D eigenvalue weighted by molar-refractivity contribution is -0.126. The first-order valence-corrected chi connectivity index (χ1v) is 18.6. The van der Waals surface area contributed by atoms with Crippen molar-refractivity contribution < 1.29 is 14.3 Å². The number of pyridine rings is 1. The van der Waals surface area contributed by atoms with Crippen molar-refractivity contribution >= 4 is 40.1 Å². The van der Waals surface area contributed by atoms with Gasteiger partial charge in [0.25, 0.3) is 0 Å². The lowest BCUT2D eigenvalue weighted by Gasteiger charge is -2.26. The van der Waals surface area contributed by atoms with Crippen LogP contribution in [0.3, 0.4) is 0 Å². The van der Waals surface area contributed by atoms with Gasteiger partial charge in [-0.05, 0) is 87.0 Å². The molecule has 2 aliphatic heterocycles. The summed E-state index contributed by atoms with van der Waals surface area (Å²) in [5.41, 5.74) is 7.97. The molecule has 2 saturated heterocycles. The Labute approximate surface area is 300 Å². The van der Waals surface area contributed by atoms with Crippen molar-refractivity contribution in [2.75, 3.05) is 31.6 Å². The summed E-state index contributed by atoms with van der Waals surface area (Å²) in [7, 11) is 0. The average Bonchev–Trinajstić information content (AvgIpc) is 3.57. The normalized spacial score (nSPS) is 15.7. The number of benzene rings is 2. The van der Waals surface area contributed by atoms with Crippen LogP contribution in [0.25, 0.3) is 22.2 Å². The SMILES string of the molecule is CCc1nc2c(cnn2CC)c(NC2CCOCC2)c1CNC(=O)CCC(=O)NCc1ccc(Cl)c(-c2cccc(CN3CCCCC3)c2)c1. The molecule has 0 saturated carbocycles. The number of aromatic nitrogens is 3. The third-order valence-electron chi connectivity index (χ3n) is 9.83. The summed E-state index contributed by atoms with van der Waals surface area (Å²) in [6.45, 7) is 10.2. The van der Waals surface area contributed by atoms with Crippen molar-refractivity contribution in [2.45, 2.75) is 97.4 Å². The van der Waals surface area contributed by atoms with Crippen LogP contribution in [0.4, 0.5) is 5.69 Å². The molecule has 2 aromatic carbocycles. The number of amides is 2. The summed E-state index contributed by atoms with van der Waals surface area (Å²) in [5, 5.41) is 16.0. The molecule has 0 spiro atoms. The molecule has 0 radical (unpaired) electrons. The lowest BCUT2D eigenvalue weighted by Crippen LogP contribution is -2.30. The summed E-state index contributed by atoms with van der Waals surface area (Å²) >= 11 is 6.65. The molecule has 2 aromatic heterocycles. The first kappa shape index (κ1) is 35.8. The minimum Gasteiger partial charge on any atom is -0.381 e. The van der Waals surface area contributed by atoms with Crippen LogP contribution in [0, 0.1) is 0 Å². The Bertz CT molecular complexity index is 1780. The number of nitrogens with zero attached hydrogens (tertiary/aromatic N) is 4. The first-order chi connectivity index (χ1) is 24.4. The molecule has 6 rings (SSSR count). The van der Waals surface area contributed by atoms with Gasteiger partial charge in [0.1, 0.15) is 0 Å². The predicted molar refractivity (Wildman–Crippen MR) is 199 cm³/mol. The molecule has 50 heavy (non-hydrogen) atoms. The van der Waals surface area contributed by atoms with Crippen molar-refractivity contribution in [3.05, 3.63) is 76.1 Å². The number of aryl methyl sites for hydroxylation is 2. The Hall–Kier alpha value is -3.99. The quantitative estimate of drug-likeness (QED) is 0.136. The average molecular weight is 700 g/mol. The van der Waals surface area contributed by atoms with Crippen LogP contribution in [0.5, 0.6) is 0 Å². The van der Waals surface area contributed by atoms with Crippen LogP contribution in [-0.4, -0.2) is 63.8 Å². The molecule has 4 aromatic rings. The zero-order chi connectivity index (χ0) is 34.9. The topological polar surface area (TPSA) is 113 Å². The number of carbonyl (C=O) groups is 2. The number of likely N-dealkylation sites (tertiary alicyclic amines) is 1. The number of rotatable bonds is 14. The number of hydrogen-bond acceptors (Lipinski definition) is 7. The van der Waals surface area contributed by atoms with E-state index in [1.54, 1.807) is 0 Å². The van der Waals surface area contributed by atoms with Gasteiger partial charge in [0, 0.05) is 80.1 Å². The third kappa shape index (κ3) is 9.02. The van der Waals surface area contributed by atoms with Gasteiger partial charge in [0.05, 0.1) is 17.3 Å². The number of carbonyl (C=O) groups excluding carboxylic acids is 2. The van der Waals surface area contributed by atoms with Gasteiger partial charge in [-0.2, -0.15) is 5.10 Å². The van der Waals surface area contributed by atoms with Crippen LogP contribution in [-0.2, 0) is 46.9 Å². The van der Waals surface area contributed by atoms with E-state index in [1.807, 2.05) is 29.1 Å². The summed E-state index contributed by atoms with van der Waals surface area (Å²) in [6, 6.07) is 14.7. The molecule has 2 amide bonds. The van der Waals surface area contributed by atoms with E-state index in [-0.39, 0.29) is 30.7 Å². The molecule has 266 valence electrons. The van der Waals surface area contributed by atoms with E-state index < -0.39 is 0 Å². The maximum Gasteiger partial charge on any atom is 0.220 e. The number of anilines is 1. The molecular weight excluding hydrogens is 650 g/mol. The van der Waals surface area contributed by atoms with Gasteiger partial charge in [-0.3, -0.25) is 14.5 Å². The number of hydrogen-bond donors (Lipinski definition) is 3. The standard InChI is InChI=1S/C39H50ClN7O3/c1-3-35-32(38(44-30-15-19-50-20-16-30)33-25-43-47(4-2)39(33)45-35)24-42-37(49)14-13-36(48)41-23-27-11-12-34(40)31(22-27)29-10-8-9-28(21-29)26-46-17-6-5-7-18-46/h8-12,21-22,25,30H,3-7,13-20,23-24,26H2,1-2H3,(H,41,48)(H,42,49)(H,44,45). The minimum absolute atomic E-state index is 0.0924. The van der Waals surface area contributed by atoms with E-state index in [0.29, 0.717) is 18.1 Å². The molecular formula is C39H50ClN7O3. The monoisotopic (exact) mass is 699 g/mol. The van der Waals surface area contributed by atoms with E-state index in [4.69, 9.17) is 21.3 Å². The number of fused-ring (bicyclic) bond motifs is 1. The molecule has 0 bridgehead atoms. The molecule has 2 fully saturated rings. The molecule has 3 N–H and O–H groups in total. The third-order valence-corrected chi connectivity index (χ3v) is 10.2. The van der Waals surface area contributed by atoms with Crippen LogP contribution < -0.4 is 16.0 Å². The summed E-state index contributed by atoms with van der Waals surface area (Å²) < 4.78 is 7.48. The zero-order valence-electron chi connectivity index (χ0n) is 29.4. The van der Waals surface area contributed by atoms with Crippen molar-refractivity contribution in [2.24, 2.45) is 0 Å². The highest BCUT2D eigenvalue weighted by atomic mass is 35.5. The summed E-state index contributed by atoms with van der Waals surface area (Å²) in [5.74, 6) is -0.354. The molecule has 2 aliphatic rings. The van der Waals surface area contributed by atoms with Gasteiger partial charge in [-0.15, -0.1) is 0 Å². The van der Waals surface area contributed by atoms with Gasteiger partial charge in [-0.1, -0.05) is 49.2 Å². The maximum absolute atomic E-state index is 13.0. The Morgan fingerprint density at radius 3 is 2.44 bits per heavy atom. The fourth-order valence-electron chi connectivity index (χ4n) is 7.01. The number of piperidine rings is 1. The highest BCUT2D eigenvalue weighted by molar-refractivity contribution is 6.33. The van der Waals surface area contributed by atoms with Crippen molar-refractivity contribution in [3.63, 3.8) is 0 Å². The molecule has 10 nitrogen and oxygen atoms in total. The van der Waals surface area contributed by atoms with E-state index >= 15 is 0 Å². The Morgan fingerprint density at radius 2 is 1.70 bits per heavy atom. The van der Waals surface area contributed by atoms with Crippen molar-refractivity contribution in [3.8, 4) is 11.1 Å². The minimum atomic E-state index is -0.179. The fourth-order valence-corrected chi connectivity index (χ4v) is 7.24. The van der Waals surface area contributed by atoms with Gasteiger partial charge in [0.2, 0.25) is 11.8 Å². The largest absolute Gasteiger partial charge is 0.381 e. The molecule has 0 unspecified atom stereocenters. The predicted octanol–water partition coefficient (Wildman–Crippen LogP) is 6.62. The van der Waals surface area contributed by atoms with E-state index in [1.165, 1.54) is 24.8 Å². The van der Waals surface area contributed by atoms with Crippen LogP contribution >= 0.6 is 11.6 Å². The van der Waals surface area contributed by atoms with Crippen LogP contribution in [0.2, 0.25) is 5.02 Å². The molecule has 11 heteroatoms. The van der Waals surface area contributed by atoms with Crippen molar-refractivity contribution in [1.29, 1.82) is 0 Å². The van der Waals surface area contributed by atoms with E-state index in [0.717, 1.165) is 103 Å². The highest BCUT2D eigenvalue weighted by Crippen LogP contribution is 2.32. The molecule has 4 heterocycles. The first-order valence-electron chi connectivity index (χ1n) is 18.3. The van der Waals surface area contributed by atoms with Gasteiger partial charge in [-0.25, -0.2) is 9.67 Å². The summed E-state index contributed by atoms with van der Waals surface area (Å²) in [6.07, 6.45) is 8.45. The second kappa shape index (κ2) is 17.3. The molecule has 0 atom stereocenters. The lowest BCUT2D eigenvalue weighted by atomic mass is 10.00. The van der Waals surface area contributed by atoms with E-state index in [9.17, 15) is 9.59 Å². The zero-order valence-corrected chi connectivity index (χ0v) is 30.2. The van der Waals surface area contributed by atoms with Gasteiger partial charge in [0.15, 0.2) is 5.65 Å². The van der Waals surface area contributed by atoms with Crippen LogP contribution in [0.1, 0.15) is 81.2 Å². The van der Waals surface area contributed by atoms with Gasteiger partial charge < -0.3 is 20.7 Å². The number of nitrogens with one attached hydrogen (secondary N) is 3. The number of halogens is 1. The highest BCUT2D eigenvalue weighted by Gasteiger charge is 2.22. The van der Waals surface area contributed by atoms with Crippen LogP contribution in [0.15, 0.2) is 48.7 Å². The summed E-state index contributed by atoms with van der Waals surface area (Å²) in [4.78, 5) is 33.3. The van der Waals surface area contributed by atoms with Crippen molar-refractivity contribution in [1.82, 2.24) is 30.3 Å². The van der Waals surface area contributed by atoms with Gasteiger partial charge >= 0.3 is 0 Å². The molecule has 0 aliphatic carbocycles. The number of ether oxygens (including phenoxy) is 1. The maximum atomic E-state index is 13.0. The Balaban J connectivity index is 1.04. The second-order valence-electron chi connectivity index (χ2n) is 13.4. The van der Waals surface area contributed by atoms with E-state index in [2.05, 4.69) is 64.1 Å². The second-order valence-corrected chi connectivity index (χ2v) is 13.8.